The largest absolute Gasteiger partial charge is 0.422 e. The van der Waals surface area contributed by atoms with Crippen molar-refractivity contribution in [2.24, 2.45) is 0 Å². The third kappa shape index (κ3) is 2.21. The number of para-hydroxylation sites is 1. The molecule has 1 aliphatic heterocycles. The molecule has 0 radical (unpaired) electrons. The summed E-state index contributed by atoms with van der Waals surface area (Å²) >= 11 is 0. The summed E-state index contributed by atoms with van der Waals surface area (Å²) in [6.07, 6.45) is -3.44. The molecule has 23 heavy (non-hydrogen) atoms. The van der Waals surface area contributed by atoms with Crippen LogP contribution in [0.1, 0.15) is 13.8 Å². The summed E-state index contributed by atoms with van der Waals surface area (Å²) in [7, 11) is 0. The van der Waals surface area contributed by atoms with E-state index in [0.29, 0.717) is 11.3 Å². The van der Waals surface area contributed by atoms with E-state index in [-0.39, 0.29) is 11.3 Å². The molecule has 0 unspecified atom stereocenters. The number of hydrogen-bond donors (Lipinski definition) is 0. The van der Waals surface area contributed by atoms with Crippen LogP contribution in [-0.4, -0.2) is 17.9 Å². The third-order valence-corrected chi connectivity index (χ3v) is 3.97. The average Bonchev–Trinajstić information content (AvgIpc) is 2.78. The van der Waals surface area contributed by atoms with Crippen molar-refractivity contribution in [3.8, 4) is 0 Å². The first kappa shape index (κ1) is 15.3. The molecule has 1 aromatic rings. The maximum absolute atomic E-state index is 13.4. The summed E-state index contributed by atoms with van der Waals surface area (Å²) in [6.45, 7) is 3.10. The number of halogens is 3. The van der Waals surface area contributed by atoms with E-state index in [2.05, 4.69) is 0 Å². The van der Waals surface area contributed by atoms with E-state index in [1.807, 2.05) is 0 Å². The second-order valence-electron chi connectivity index (χ2n) is 5.39. The van der Waals surface area contributed by atoms with Crippen LogP contribution < -0.4 is 4.90 Å². The molecule has 0 spiro atoms. The summed E-state index contributed by atoms with van der Waals surface area (Å²) in [5.41, 5.74) is -0.916. The van der Waals surface area contributed by atoms with Gasteiger partial charge in [-0.15, -0.1) is 0 Å². The highest BCUT2D eigenvalue weighted by Gasteiger charge is 2.52. The van der Waals surface area contributed by atoms with Gasteiger partial charge in [0.05, 0.1) is 11.3 Å². The van der Waals surface area contributed by atoms with E-state index >= 15 is 0 Å². The van der Waals surface area contributed by atoms with Gasteiger partial charge in [-0.05, 0) is 37.6 Å². The van der Waals surface area contributed by atoms with Crippen LogP contribution in [0, 0.1) is 0 Å². The van der Waals surface area contributed by atoms with Crippen LogP contribution >= 0.6 is 0 Å². The highest BCUT2D eigenvalue weighted by atomic mass is 19.4. The van der Waals surface area contributed by atoms with Crippen LogP contribution in [0.4, 0.5) is 18.9 Å². The van der Waals surface area contributed by atoms with E-state index in [0.717, 1.165) is 4.90 Å². The number of alkyl halides is 3. The number of allylic oxidation sites excluding steroid dienone is 4. The second-order valence-corrected chi connectivity index (χ2v) is 5.39. The molecule has 3 rings (SSSR count). The van der Waals surface area contributed by atoms with Crippen molar-refractivity contribution in [3.05, 3.63) is 64.4 Å². The molecule has 0 saturated heterocycles. The number of fused-ring (bicyclic) bond motifs is 1. The van der Waals surface area contributed by atoms with Crippen molar-refractivity contribution in [2.45, 2.75) is 20.0 Å². The van der Waals surface area contributed by atoms with Gasteiger partial charge >= 0.3 is 6.18 Å². The molecule has 0 N–H and O–H groups in total. The first-order valence-corrected chi connectivity index (χ1v) is 6.88. The van der Waals surface area contributed by atoms with Crippen molar-refractivity contribution in [3.63, 3.8) is 0 Å². The minimum Gasteiger partial charge on any atom is -0.289 e. The zero-order valence-electron chi connectivity index (χ0n) is 12.4. The molecule has 2 aliphatic rings. The normalized spacial score (nSPS) is 18.7. The summed E-state index contributed by atoms with van der Waals surface area (Å²) < 4.78 is 40.1. The summed E-state index contributed by atoms with van der Waals surface area (Å²) in [6, 6.07) is 7.99. The van der Waals surface area contributed by atoms with Crippen molar-refractivity contribution >= 4 is 17.4 Å². The highest BCUT2D eigenvalue weighted by molar-refractivity contribution is 6.26. The van der Waals surface area contributed by atoms with E-state index in [4.69, 9.17) is 0 Å². The molecular weight excluding hydrogens is 307 g/mol. The van der Waals surface area contributed by atoms with Crippen molar-refractivity contribution < 1.29 is 22.8 Å². The summed E-state index contributed by atoms with van der Waals surface area (Å²) in [4.78, 5) is 25.7. The summed E-state index contributed by atoms with van der Waals surface area (Å²) in [5.74, 6) is -1.97. The molecule has 3 nitrogen and oxygen atoms in total. The number of benzene rings is 1. The zero-order chi connectivity index (χ0) is 16.9. The van der Waals surface area contributed by atoms with Gasteiger partial charge in [-0.3, -0.25) is 14.5 Å². The molecule has 1 aliphatic carbocycles. The number of hydrogen-bond acceptors (Lipinski definition) is 2. The predicted octanol–water partition coefficient (Wildman–Crippen LogP) is 3.70. The van der Waals surface area contributed by atoms with Gasteiger partial charge in [0.15, 0.2) is 5.78 Å². The smallest absolute Gasteiger partial charge is 0.289 e. The van der Waals surface area contributed by atoms with Gasteiger partial charge in [0.1, 0.15) is 5.57 Å². The van der Waals surface area contributed by atoms with Crippen molar-refractivity contribution in [1.82, 2.24) is 0 Å². The van der Waals surface area contributed by atoms with Crippen molar-refractivity contribution in [2.75, 3.05) is 4.90 Å². The fourth-order valence-electron chi connectivity index (χ4n) is 2.71. The third-order valence-electron chi connectivity index (χ3n) is 3.97. The topological polar surface area (TPSA) is 37.4 Å². The van der Waals surface area contributed by atoms with Crippen molar-refractivity contribution in [1.29, 1.82) is 0 Å². The fourth-order valence-corrected chi connectivity index (χ4v) is 2.71. The van der Waals surface area contributed by atoms with Crippen LogP contribution in [0.5, 0.6) is 0 Å². The number of nitrogens with zero attached hydrogens (tertiary/aromatic N) is 1. The molecule has 6 heteroatoms. The predicted molar refractivity (Wildman–Crippen MR) is 78.5 cm³/mol. The monoisotopic (exact) mass is 319 g/mol. The van der Waals surface area contributed by atoms with Crippen LogP contribution in [-0.2, 0) is 9.59 Å². The second kappa shape index (κ2) is 4.94. The lowest BCUT2D eigenvalue weighted by molar-refractivity contribution is -0.128. The number of Topliss-reactive ketones (excluding diaryl/α,β-unsaturated/α-hetero) is 1. The Labute approximate surface area is 130 Å². The Kier molecular flexibility index (Phi) is 3.28. The van der Waals surface area contributed by atoms with Crippen LogP contribution in [0.15, 0.2) is 64.4 Å². The van der Waals surface area contributed by atoms with Gasteiger partial charge in [0.25, 0.3) is 5.91 Å². The molecule has 0 saturated carbocycles. The van der Waals surface area contributed by atoms with E-state index in [1.165, 1.54) is 25.1 Å². The van der Waals surface area contributed by atoms with Gasteiger partial charge in [-0.25, -0.2) is 0 Å². The SMILES string of the molecule is CC1=C(C)C(=O)C2=C(C(F)(F)F)C(=O)N(c3ccccc3)C2=C1. The first-order valence-electron chi connectivity index (χ1n) is 6.88. The molecule has 1 amide bonds. The van der Waals surface area contributed by atoms with Crippen LogP contribution in [0.25, 0.3) is 0 Å². The molecule has 118 valence electrons. The molecular formula is C17H12F3NO2. The van der Waals surface area contributed by atoms with E-state index in [9.17, 15) is 22.8 Å². The molecule has 0 bridgehead atoms. The number of ketones is 1. The lowest BCUT2D eigenvalue weighted by Gasteiger charge is -2.22. The molecule has 0 aromatic heterocycles. The van der Waals surface area contributed by atoms with Gasteiger partial charge in [-0.2, -0.15) is 13.2 Å². The maximum Gasteiger partial charge on any atom is 0.422 e. The minimum absolute atomic E-state index is 0.0124. The number of anilines is 1. The molecule has 1 aromatic carbocycles. The van der Waals surface area contributed by atoms with Crippen LogP contribution in [0.2, 0.25) is 0 Å². The first-order chi connectivity index (χ1) is 10.7. The summed E-state index contributed by atoms with van der Waals surface area (Å²) in [5, 5.41) is 0. The Morgan fingerprint density at radius 2 is 1.61 bits per heavy atom. The van der Waals surface area contributed by atoms with Crippen LogP contribution in [0.3, 0.4) is 0 Å². The number of carbonyl (C=O) groups is 2. The minimum atomic E-state index is -4.89. The standard InChI is InChI=1S/C17H12F3NO2/c1-9-8-12-13(15(22)10(9)2)14(17(18,19)20)16(23)21(12)11-6-4-3-5-7-11/h3-8H,1-2H3. The number of rotatable bonds is 1. The zero-order valence-corrected chi connectivity index (χ0v) is 12.4. The Balaban J connectivity index is 2.28. The fraction of sp³-hybridized carbons (Fsp3) is 0.176. The van der Waals surface area contributed by atoms with E-state index < -0.39 is 29.0 Å². The van der Waals surface area contributed by atoms with Gasteiger partial charge < -0.3 is 0 Å². The average molecular weight is 319 g/mol. The Morgan fingerprint density at radius 1 is 1.00 bits per heavy atom. The Bertz CT molecular complexity index is 814. The lowest BCUT2D eigenvalue weighted by atomic mass is 9.90. The Morgan fingerprint density at radius 3 is 2.17 bits per heavy atom. The van der Waals surface area contributed by atoms with Gasteiger partial charge in [0.2, 0.25) is 0 Å². The number of carbonyl (C=O) groups excluding carboxylic acids is 2. The molecule has 0 atom stereocenters. The maximum atomic E-state index is 13.4. The Hall–Kier alpha value is -2.63. The van der Waals surface area contributed by atoms with E-state index in [1.54, 1.807) is 25.1 Å². The highest BCUT2D eigenvalue weighted by Crippen LogP contribution is 2.44. The van der Waals surface area contributed by atoms with Gasteiger partial charge in [-0.1, -0.05) is 18.2 Å². The quantitative estimate of drug-likeness (QED) is 0.791. The van der Waals surface area contributed by atoms with Gasteiger partial charge in [0, 0.05) is 11.3 Å². The number of amides is 1. The molecule has 1 heterocycles. The molecule has 0 fully saturated rings. The lowest BCUT2D eigenvalue weighted by Crippen LogP contribution is -2.29.